The number of azide groups is 1. The van der Waals surface area contributed by atoms with Gasteiger partial charge in [-0.1, -0.05) is 11.2 Å². The molecule has 1 atom stereocenters. The Morgan fingerprint density at radius 2 is 2.42 bits per heavy atom. The van der Waals surface area contributed by atoms with Crippen LogP contribution < -0.4 is 10.1 Å². The highest BCUT2D eigenvalue weighted by Crippen LogP contribution is 2.32. The van der Waals surface area contributed by atoms with Gasteiger partial charge in [0.1, 0.15) is 5.75 Å². The van der Waals surface area contributed by atoms with Crippen LogP contribution in [0, 0.1) is 0 Å². The largest absolute Gasteiger partial charge is 0.482 e. The first-order valence-corrected chi connectivity index (χ1v) is 5.42. The molecule has 8 heteroatoms. The number of carboxylic acid groups (broad SMARTS) is 1. The number of benzene rings is 1. The summed E-state index contributed by atoms with van der Waals surface area (Å²) in [6.45, 7) is -0.0543. The molecule has 1 aliphatic rings. The van der Waals surface area contributed by atoms with Gasteiger partial charge in [-0.2, -0.15) is 0 Å². The van der Waals surface area contributed by atoms with Gasteiger partial charge in [0.2, 0.25) is 0 Å². The maximum atomic E-state index is 11.2. The number of hydrogen-bond acceptors (Lipinski definition) is 4. The van der Waals surface area contributed by atoms with E-state index in [2.05, 4.69) is 15.3 Å². The van der Waals surface area contributed by atoms with E-state index in [1.807, 2.05) is 0 Å². The topological polar surface area (TPSA) is 124 Å². The van der Waals surface area contributed by atoms with Gasteiger partial charge in [0.15, 0.2) is 6.61 Å². The lowest BCUT2D eigenvalue weighted by atomic mass is 10.0. The third-order valence-electron chi connectivity index (χ3n) is 2.58. The van der Waals surface area contributed by atoms with Crippen LogP contribution in [-0.4, -0.2) is 23.6 Å². The molecule has 0 saturated carbocycles. The Hall–Kier alpha value is -2.73. The summed E-state index contributed by atoms with van der Waals surface area (Å²) < 4.78 is 5.18. The molecule has 1 unspecified atom stereocenters. The third-order valence-corrected chi connectivity index (χ3v) is 2.58. The maximum Gasteiger partial charge on any atom is 0.304 e. The molecule has 0 spiro atoms. The smallest absolute Gasteiger partial charge is 0.304 e. The Labute approximate surface area is 107 Å². The van der Waals surface area contributed by atoms with Crippen LogP contribution in [0.1, 0.15) is 18.0 Å². The minimum Gasteiger partial charge on any atom is -0.482 e. The third kappa shape index (κ3) is 2.93. The van der Waals surface area contributed by atoms with Crippen molar-refractivity contribution in [2.45, 2.75) is 12.5 Å². The Kier molecular flexibility index (Phi) is 3.53. The number of aliphatic carboxylic acids is 1. The summed E-state index contributed by atoms with van der Waals surface area (Å²) in [7, 11) is 0. The van der Waals surface area contributed by atoms with Crippen molar-refractivity contribution in [2.75, 3.05) is 11.9 Å². The molecular formula is C11H10N4O4. The van der Waals surface area contributed by atoms with Gasteiger partial charge in [-0.25, -0.2) is 0 Å². The van der Waals surface area contributed by atoms with E-state index in [9.17, 15) is 9.59 Å². The number of amides is 1. The number of carboxylic acids is 1. The Morgan fingerprint density at radius 3 is 3.11 bits per heavy atom. The van der Waals surface area contributed by atoms with Crippen molar-refractivity contribution in [3.8, 4) is 5.75 Å². The van der Waals surface area contributed by atoms with Crippen LogP contribution in [0.4, 0.5) is 5.69 Å². The molecule has 2 N–H and O–H groups in total. The van der Waals surface area contributed by atoms with Gasteiger partial charge in [-0.15, -0.1) is 0 Å². The highest BCUT2D eigenvalue weighted by atomic mass is 16.5. The van der Waals surface area contributed by atoms with Crippen molar-refractivity contribution in [3.05, 3.63) is 34.2 Å². The summed E-state index contributed by atoms with van der Waals surface area (Å²) >= 11 is 0. The molecule has 1 aliphatic heterocycles. The zero-order chi connectivity index (χ0) is 13.8. The predicted molar refractivity (Wildman–Crippen MR) is 64.7 cm³/mol. The molecule has 0 fully saturated rings. The molecule has 1 amide bonds. The Balaban J connectivity index is 2.33. The number of rotatable bonds is 4. The van der Waals surface area contributed by atoms with Crippen LogP contribution in [-0.2, 0) is 9.59 Å². The van der Waals surface area contributed by atoms with Crippen LogP contribution in [0.3, 0.4) is 0 Å². The second kappa shape index (κ2) is 5.28. The van der Waals surface area contributed by atoms with Crippen molar-refractivity contribution in [1.29, 1.82) is 0 Å². The standard InChI is InChI=1S/C11H10N4O4/c12-15-14-7(4-11(17)18)6-1-2-9-8(3-6)13-10(16)5-19-9/h1-3,7H,4-5H2,(H,13,16)(H,17,18). The van der Waals surface area contributed by atoms with E-state index in [-0.39, 0.29) is 18.9 Å². The number of carbonyl (C=O) groups excluding carboxylic acids is 1. The summed E-state index contributed by atoms with van der Waals surface area (Å²) in [6.07, 6.45) is -0.322. The Morgan fingerprint density at radius 1 is 1.63 bits per heavy atom. The monoisotopic (exact) mass is 262 g/mol. The fourth-order valence-corrected chi connectivity index (χ4v) is 1.76. The highest BCUT2D eigenvalue weighted by molar-refractivity contribution is 5.95. The summed E-state index contributed by atoms with van der Waals surface area (Å²) in [6, 6.07) is 3.94. The van der Waals surface area contributed by atoms with E-state index in [0.29, 0.717) is 17.0 Å². The maximum absolute atomic E-state index is 11.2. The first-order valence-electron chi connectivity index (χ1n) is 5.42. The van der Waals surface area contributed by atoms with Gasteiger partial charge >= 0.3 is 5.97 Å². The average molecular weight is 262 g/mol. The average Bonchev–Trinajstić information content (AvgIpc) is 2.37. The predicted octanol–water partition coefficient (Wildman–Crippen LogP) is 1.84. The molecule has 0 radical (unpaired) electrons. The molecule has 19 heavy (non-hydrogen) atoms. The van der Waals surface area contributed by atoms with E-state index in [4.69, 9.17) is 15.4 Å². The number of nitrogens with one attached hydrogen (secondary N) is 1. The minimum absolute atomic E-state index is 0.0543. The fraction of sp³-hybridized carbons (Fsp3) is 0.273. The van der Waals surface area contributed by atoms with Gasteiger partial charge in [0, 0.05) is 4.91 Å². The van der Waals surface area contributed by atoms with Gasteiger partial charge in [0.05, 0.1) is 18.2 Å². The molecule has 1 aromatic rings. The van der Waals surface area contributed by atoms with Gasteiger partial charge in [-0.3, -0.25) is 9.59 Å². The quantitative estimate of drug-likeness (QED) is 0.487. The zero-order valence-electron chi connectivity index (χ0n) is 9.74. The van der Waals surface area contributed by atoms with Crippen LogP contribution in [0.5, 0.6) is 5.75 Å². The molecule has 1 heterocycles. The highest BCUT2D eigenvalue weighted by Gasteiger charge is 2.19. The van der Waals surface area contributed by atoms with Crippen LogP contribution >= 0.6 is 0 Å². The van der Waals surface area contributed by atoms with Crippen LogP contribution in [0.15, 0.2) is 23.3 Å². The van der Waals surface area contributed by atoms with Crippen molar-refractivity contribution in [3.63, 3.8) is 0 Å². The Bertz CT molecular complexity index is 580. The first-order chi connectivity index (χ1) is 9.10. The lowest BCUT2D eigenvalue weighted by Crippen LogP contribution is -2.25. The second-order valence-electron chi connectivity index (χ2n) is 3.91. The summed E-state index contributed by atoms with van der Waals surface area (Å²) in [5.41, 5.74) is 9.41. The number of fused-ring (bicyclic) bond motifs is 1. The molecule has 2 rings (SSSR count). The van der Waals surface area contributed by atoms with E-state index >= 15 is 0 Å². The molecule has 1 aromatic carbocycles. The van der Waals surface area contributed by atoms with Gasteiger partial charge in [0.25, 0.3) is 5.91 Å². The summed E-state index contributed by atoms with van der Waals surface area (Å²) in [5, 5.41) is 14.8. The van der Waals surface area contributed by atoms with Crippen molar-refractivity contribution < 1.29 is 19.4 Å². The van der Waals surface area contributed by atoms with Crippen molar-refractivity contribution in [1.82, 2.24) is 0 Å². The van der Waals surface area contributed by atoms with E-state index in [1.54, 1.807) is 18.2 Å². The molecular weight excluding hydrogens is 252 g/mol. The number of carbonyl (C=O) groups is 2. The summed E-state index contributed by atoms with van der Waals surface area (Å²) in [4.78, 5) is 24.6. The van der Waals surface area contributed by atoms with E-state index < -0.39 is 12.0 Å². The lowest BCUT2D eigenvalue weighted by Gasteiger charge is -2.19. The van der Waals surface area contributed by atoms with Gasteiger partial charge < -0.3 is 15.2 Å². The van der Waals surface area contributed by atoms with Crippen LogP contribution in [0.2, 0.25) is 0 Å². The van der Waals surface area contributed by atoms with Crippen molar-refractivity contribution in [2.24, 2.45) is 5.11 Å². The first kappa shape index (κ1) is 12.7. The SMILES string of the molecule is [N-]=[N+]=NC(CC(=O)O)c1ccc2c(c1)NC(=O)CO2. The van der Waals surface area contributed by atoms with E-state index in [0.717, 1.165) is 0 Å². The fourth-order valence-electron chi connectivity index (χ4n) is 1.76. The second-order valence-corrected chi connectivity index (χ2v) is 3.91. The molecule has 0 aromatic heterocycles. The number of anilines is 1. The molecule has 8 nitrogen and oxygen atoms in total. The molecule has 0 aliphatic carbocycles. The normalized spacial score (nSPS) is 14.4. The van der Waals surface area contributed by atoms with E-state index in [1.165, 1.54) is 0 Å². The molecule has 98 valence electrons. The number of nitrogens with zero attached hydrogens (tertiary/aromatic N) is 3. The molecule has 0 bridgehead atoms. The molecule has 0 saturated heterocycles. The lowest BCUT2D eigenvalue weighted by molar-refractivity contribution is -0.137. The van der Waals surface area contributed by atoms with Crippen molar-refractivity contribution >= 4 is 17.6 Å². The summed E-state index contributed by atoms with van der Waals surface area (Å²) in [5.74, 6) is -0.864. The van der Waals surface area contributed by atoms with Gasteiger partial charge in [-0.05, 0) is 23.2 Å². The number of hydrogen-bond donors (Lipinski definition) is 2. The number of ether oxygens (including phenoxy) is 1. The zero-order valence-corrected chi connectivity index (χ0v) is 9.74. The van der Waals surface area contributed by atoms with Crippen LogP contribution in [0.25, 0.3) is 10.4 Å². The minimum atomic E-state index is -1.07.